The summed E-state index contributed by atoms with van der Waals surface area (Å²) in [5, 5.41) is 54.5. The van der Waals surface area contributed by atoms with Gasteiger partial charge in [0.25, 0.3) is 0 Å². The van der Waals surface area contributed by atoms with Crippen molar-refractivity contribution in [2.24, 2.45) is 0 Å². The predicted molar refractivity (Wildman–Crippen MR) is 304 cm³/mol. The number of unbranched alkanes of at least 4 members (excludes halogenated alkanes) is 37. The van der Waals surface area contributed by atoms with Gasteiger partial charge in [0.05, 0.1) is 25.4 Å². The summed E-state index contributed by atoms with van der Waals surface area (Å²) in [6.07, 6.45) is 63.4. The van der Waals surface area contributed by atoms with Crippen LogP contribution in [0.5, 0.6) is 0 Å². The third-order valence-electron chi connectivity index (χ3n) is 14.6. The Hall–Kier alpha value is -1.85. The van der Waals surface area contributed by atoms with Gasteiger partial charge in [-0.3, -0.25) is 4.79 Å². The summed E-state index contributed by atoms with van der Waals surface area (Å²) in [5.74, 6) is -0.193. The predicted octanol–water partition coefficient (Wildman–Crippen LogP) is 15.7. The molecule has 1 saturated heterocycles. The van der Waals surface area contributed by atoms with Gasteiger partial charge in [-0.1, -0.05) is 268 Å². The van der Waals surface area contributed by atoms with Gasteiger partial charge in [-0.05, 0) is 64.2 Å². The van der Waals surface area contributed by atoms with Crippen LogP contribution < -0.4 is 5.32 Å². The minimum Gasteiger partial charge on any atom is -0.394 e. The van der Waals surface area contributed by atoms with E-state index in [-0.39, 0.29) is 12.5 Å². The van der Waals surface area contributed by atoms with Crippen molar-refractivity contribution in [3.8, 4) is 0 Å². The third-order valence-corrected chi connectivity index (χ3v) is 14.6. The number of hydrogen-bond donors (Lipinski definition) is 6. The lowest BCUT2D eigenvalue weighted by atomic mass is 9.99. The largest absolute Gasteiger partial charge is 0.394 e. The number of nitrogens with one attached hydrogen (secondary N) is 1. The first-order valence-corrected chi connectivity index (χ1v) is 30.9. The van der Waals surface area contributed by atoms with E-state index in [4.69, 9.17) is 9.47 Å². The fourth-order valence-corrected chi connectivity index (χ4v) is 9.73. The Bertz CT molecular complexity index is 1270. The van der Waals surface area contributed by atoms with Gasteiger partial charge in [0.15, 0.2) is 6.29 Å². The SMILES string of the molecule is CCCCCC/C=C\C/C=C\CCCCCCCCCC(=O)NC(COC1OC(CO)C(O)C(O)C1O)C(O)/C=C/CC/C=C/CCCCCCCCCCCCCCCCCCCCCCCCCCC. The van der Waals surface area contributed by atoms with Crippen LogP contribution >= 0.6 is 0 Å². The van der Waals surface area contributed by atoms with Crippen LogP contribution in [0.2, 0.25) is 0 Å². The van der Waals surface area contributed by atoms with Crippen molar-refractivity contribution in [2.45, 2.75) is 333 Å². The molecule has 6 N–H and O–H groups in total. The first kappa shape index (κ1) is 68.2. The maximum Gasteiger partial charge on any atom is 0.220 e. The van der Waals surface area contributed by atoms with Gasteiger partial charge >= 0.3 is 0 Å². The lowest BCUT2D eigenvalue weighted by molar-refractivity contribution is -0.302. The van der Waals surface area contributed by atoms with Crippen LogP contribution in [0.4, 0.5) is 0 Å². The van der Waals surface area contributed by atoms with E-state index >= 15 is 0 Å². The van der Waals surface area contributed by atoms with Gasteiger partial charge in [-0.15, -0.1) is 0 Å². The summed E-state index contributed by atoms with van der Waals surface area (Å²) in [4.78, 5) is 13.0. The van der Waals surface area contributed by atoms with E-state index in [1.807, 2.05) is 6.08 Å². The number of aliphatic hydroxyl groups excluding tert-OH is 5. The maximum absolute atomic E-state index is 13.0. The van der Waals surface area contributed by atoms with E-state index in [1.165, 1.54) is 212 Å². The van der Waals surface area contributed by atoms with Crippen LogP contribution in [0.3, 0.4) is 0 Å². The number of ether oxygens (including phenoxy) is 2. The molecule has 7 atom stereocenters. The molecule has 0 aliphatic carbocycles. The second-order valence-corrected chi connectivity index (χ2v) is 21.5. The molecule has 72 heavy (non-hydrogen) atoms. The number of rotatable bonds is 53. The van der Waals surface area contributed by atoms with Crippen molar-refractivity contribution in [3.05, 3.63) is 48.6 Å². The molecule has 1 heterocycles. The molecule has 0 radical (unpaired) electrons. The number of allylic oxidation sites excluding steroid dienone is 7. The fraction of sp³-hybridized carbons (Fsp3) is 0.857. The molecule has 1 aliphatic heterocycles. The zero-order chi connectivity index (χ0) is 52.2. The minimum atomic E-state index is -1.58. The monoisotopic (exact) mass is 1020 g/mol. The summed E-state index contributed by atoms with van der Waals surface area (Å²) >= 11 is 0. The van der Waals surface area contributed by atoms with E-state index < -0.39 is 49.5 Å². The molecule has 0 saturated carbocycles. The highest BCUT2D eigenvalue weighted by molar-refractivity contribution is 5.76. The van der Waals surface area contributed by atoms with Gasteiger partial charge in [0.2, 0.25) is 5.91 Å². The van der Waals surface area contributed by atoms with Crippen LogP contribution in [0, 0.1) is 0 Å². The summed E-state index contributed by atoms with van der Waals surface area (Å²) in [7, 11) is 0. The lowest BCUT2D eigenvalue weighted by Crippen LogP contribution is -2.60. The Morgan fingerprint density at radius 2 is 0.833 bits per heavy atom. The minimum absolute atomic E-state index is 0.193. The van der Waals surface area contributed by atoms with Crippen molar-refractivity contribution in [1.82, 2.24) is 5.32 Å². The standard InChI is InChI=1S/C63H117NO8/c1-3-5-7-9-11-13-15-17-19-21-23-24-25-26-27-28-29-30-31-32-33-34-35-36-38-40-42-44-46-48-50-52-57(66)56(55-71-63-62(70)61(69)60(68)58(54-65)72-63)64-59(67)53-51-49-47-45-43-41-39-37-22-20-18-16-14-12-10-8-6-4-2/h14,16,20,22,42,44,50,52,56-58,60-63,65-66,68-70H,3-13,15,17-19,21,23-41,43,45-49,51,53-55H2,1-2H3,(H,64,67)/b16-14-,22-20-,44-42+,52-50+. The van der Waals surface area contributed by atoms with Crippen molar-refractivity contribution in [3.63, 3.8) is 0 Å². The topological polar surface area (TPSA) is 149 Å². The van der Waals surface area contributed by atoms with Gasteiger partial charge in [0, 0.05) is 6.42 Å². The van der Waals surface area contributed by atoms with E-state index in [9.17, 15) is 30.3 Å². The Kier molecular flexibility index (Phi) is 49.8. The molecule has 9 nitrogen and oxygen atoms in total. The maximum atomic E-state index is 13.0. The van der Waals surface area contributed by atoms with Crippen molar-refractivity contribution < 1.29 is 39.8 Å². The van der Waals surface area contributed by atoms with E-state index in [0.717, 1.165) is 57.8 Å². The third kappa shape index (κ3) is 41.4. The Labute approximate surface area is 444 Å². The molecule has 1 amide bonds. The quantitative estimate of drug-likeness (QED) is 0.0261. The zero-order valence-corrected chi connectivity index (χ0v) is 46.9. The summed E-state index contributed by atoms with van der Waals surface area (Å²) in [6.45, 7) is 3.77. The van der Waals surface area contributed by atoms with Crippen LogP contribution in [0.25, 0.3) is 0 Å². The molecule has 0 bridgehead atoms. The number of carbonyl (C=O) groups excluding carboxylic acids is 1. The van der Waals surface area contributed by atoms with Crippen molar-refractivity contribution in [1.29, 1.82) is 0 Å². The highest BCUT2D eigenvalue weighted by Gasteiger charge is 2.44. The fourth-order valence-electron chi connectivity index (χ4n) is 9.73. The smallest absolute Gasteiger partial charge is 0.220 e. The zero-order valence-electron chi connectivity index (χ0n) is 46.9. The summed E-state index contributed by atoms with van der Waals surface area (Å²) in [5.41, 5.74) is 0. The Balaban J connectivity index is 2.19. The van der Waals surface area contributed by atoms with Gasteiger partial charge in [-0.2, -0.15) is 0 Å². The van der Waals surface area contributed by atoms with Gasteiger partial charge in [0.1, 0.15) is 24.4 Å². The number of aliphatic hydroxyl groups is 5. The van der Waals surface area contributed by atoms with Crippen LogP contribution in [0.15, 0.2) is 48.6 Å². The molecule has 0 aromatic rings. The highest BCUT2D eigenvalue weighted by Crippen LogP contribution is 2.23. The molecule has 9 heteroatoms. The normalized spacial score (nSPS) is 19.5. The first-order valence-electron chi connectivity index (χ1n) is 30.9. The molecule has 0 spiro atoms. The Morgan fingerprint density at radius 1 is 0.472 bits per heavy atom. The van der Waals surface area contributed by atoms with Crippen LogP contribution in [-0.2, 0) is 14.3 Å². The van der Waals surface area contributed by atoms with E-state index in [0.29, 0.717) is 6.42 Å². The Morgan fingerprint density at radius 3 is 1.26 bits per heavy atom. The molecule has 0 aromatic carbocycles. The van der Waals surface area contributed by atoms with Crippen LogP contribution in [-0.4, -0.2) is 87.5 Å². The number of hydrogen-bond acceptors (Lipinski definition) is 8. The molecule has 1 fully saturated rings. The molecular formula is C63H117NO8. The summed E-state index contributed by atoms with van der Waals surface area (Å²) in [6, 6.07) is -0.828. The van der Waals surface area contributed by atoms with Crippen molar-refractivity contribution in [2.75, 3.05) is 13.2 Å². The first-order chi connectivity index (χ1) is 35.3. The van der Waals surface area contributed by atoms with Gasteiger partial charge in [-0.25, -0.2) is 0 Å². The van der Waals surface area contributed by atoms with Gasteiger partial charge < -0.3 is 40.3 Å². The average Bonchev–Trinajstić information content (AvgIpc) is 3.38. The number of carbonyl (C=O) groups is 1. The molecule has 422 valence electrons. The second kappa shape index (κ2) is 52.6. The molecule has 0 aromatic heterocycles. The van der Waals surface area contributed by atoms with E-state index in [1.54, 1.807) is 6.08 Å². The highest BCUT2D eigenvalue weighted by atomic mass is 16.7. The molecule has 7 unspecified atom stereocenters. The van der Waals surface area contributed by atoms with Crippen LogP contribution in [0.1, 0.15) is 290 Å². The second-order valence-electron chi connectivity index (χ2n) is 21.5. The average molecular weight is 1020 g/mol. The lowest BCUT2D eigenvalue weighted by Gasteiger charge is -2.40. The molecular weight excluding hydrogens is 899 g/mol. The van der Waals surface area contributed by atoms with E-state index in [2.05, 4.69) is 55.6 Å². The molecule has 1 aliphatic rings. The summed E-state index contributed by atoms with van der Waals surface area (Å²) < 4.78 is 11.3. The van der Waals surface area contributed by atoms with Crippen molar-refractivity contribution >= 4 is 5.91 Å². The number of amides is 1. The molecule has 1 rings (SSSR count).